The van der Waals surface area contributed by atoms with Crippen LogP contribution in [-0.4, -0.2) is 47.6 Å². The molecule has 0 aromatic carbocycles. The van der Waals surface area contributed by atoms with E-state index in [4.69, 9.17) is 0 Å². The zero-order chi connectivity index (χ0) is 24.7. The first-order valence-electron chi connectivity index (χ1n) is 16.7. The largest absolute Gasteiger partial charge is 0.303 e. The molecule has 2 heteroatoms. The fourth-order valence-electron chi connectivity index (χ4n) is 8.30. The molecule has 1 saturated heterocycles. The molecule has 0 aromatic rings. The molecule has 3 aliphatic rings. The molecule has 0 amide bonds. The van der Waals surface area contributed by atoms with Gasteiger partial charge in [-0.05, 0) is 45.7 Å². The molecule has 0 aromatic heterocycles. The normalized spacial score (nSPS) is 22.8. The minimum atomic E-state index is 0.512. The predicted molar refractivity (Wildman–Crippen MR) is 155 cm³/mol. The summed E-state index contributed by atoms with van der Waals surface area (Å²) in [5.41, 5.74) is 1.02. The van der Waals surface area contributed by atoms with Gasteiger partial charge in [0.25, 0.3) is 0 Å². The van der Waals surface area contributed by atoms with Gasteiger partial charge in [-0.2, -0.15) is 0 Å². The average molecular weight is 489 g/mol. The summed E-state index contributed by atoms with van der Waals surface area (Å²) in [5, 5.41) is 0. The summed E-state index contributed by atoms with van der Waals surface area (Å²) >= 11 is 0. The Morgan fingerprint density at radius 1 is 0.457 bits per heavy atom. The highest BCUT2D eigenvalue weighted by atomic mass is 15.4. The van der Waals surface area contributed by atoms with E-state index < -0.39 is 0 Å². The van der Waals surface area contributed by atoms with Gasteiger partial charge in [0.1, 0.15) is 0 Å². The van der Waals surface area contributed by atoms with Crippen molar-refractivity contribution < 1.29 is 0 Å². The van der Waals surface area contributed by atoms with Crippen LogP contribution in [0.2, 0.25) is 0 Å². The van der Waals surface area contributed by atoms with Gasteiger partial charge in [0, 0.05) is 24.2 Å². The molecule has 0 bridgehead atoms. The summed E-state index contributed by atoms with van der Waals surface area (Å²) in [6.07, 6.45) is 38.3. The smallest absolute Gasteiger partial charge is 0.0342 e. The van der Waals surface area contributed by atoms with E-state index in [9.17, 15) is 0 Å². The van der Waals surface area contributed by atoms with Gasteiger partial charge in [-0.15, -0.1) is 0 Å². The summed E-state index contributed by atoms with van der Waals surface area (Å²) in [5.74, 6) is 0. The lowest BCUT2D eigenvalue weighted by molar-refractivity contribution is -0.123. The van der Waals surface area contributed by atoms with Crippen LogP contribution in [0.15, 0.2) is 0 Å². The van der Waals surface area contributed by atoms with E-state index in [0.29, 0.717) is 11.1 Å². The summed E-state index contributed by atoms with van der Waals surface area (Å²) in [6, 6.07) is 0. The number of hydrogen-bond donors (Lipinski definition) is 0. The number of unbranched alkanes of at least 4 members (excludes halogenated alkanes) is 15. The molecule has 0 unspecified atom stereocenters. The molecule has 2 nitrogen and oxygen atoms in total. The number of hydrogen-bond acceptors (Lipinski definition) is 2. The lowest BCUT2D eigenvalue weighted by Crippen LogP contribution is -2.72. The van der Waals surface area contributed by atoms with Crippen molar-refractivity contribution in [2.75, 3.05) is 26.7 Å². The van der Waals surface area contributed by atoms with E-state index in [1.807, 2.05) is 0 Å². The number of likely N-dealkylation sites (N-methyl/N-ethyl adjacent to an activating group) is 1. The second-order valence-electron chi connectivity index (χ2n) is 13.2. The molecule has 0 atom stereocenters. The number of piperazine rings is 1. The van der Waals surface area contributed by atoms with E-state index in [2.05, 4.69) is 23.8 Å². The SMILES string of the molecule is CCCCCCCCCCCCCCCCCCN1C2(CCCCC2)CN(C)CC12CCCCC2. The van der Waals surface area contributed by atoms with Gasteiger partial charge in [-0.3, -0.25) is 4.90 Å². The molecule has 0 N–H and O–H groups in total. The lowest BCUT2D eigenvalue weighted by Gasteiger charge is -2.63. The first kappa shape index (κ1) is 29.5. The van der Waals surface area contributed by atoms with Crippen molar-refractivity contribution in [3.63, 3.8) is 0 Å². The van der Waals surface area contributed by atoms with Gasteiger partial charge < -0.3 is 4.90 Å². The molecule has 2 saturated carbocycles. The Kier molecular flexibility index (Phi) is 14.1. The van der Waals surface area contributed by atoms with E-state index in [1.165, 1.54) is 187 Å². The minimum absolute atomic E-state index is 0.512. The van der Waals surface area contributed by atoms with Crippen molar-refractivity contribution in [1.82, 2.24) is 9.80 Å². The molecule has 0 radical (unpaired) electrons. The Morgan fingerprint density at radius 3 is 1.17 bits per heavy atom. The fourth-order valence-corrected chi connectivity index (χ4v) is 8.30. The summed E-state index contributed by atoms with van der Waals surface area (Å²) < 4.78 is 0. The quantitative estimate of drug-likeness (QED) is 0.188. The average Bonchev–Trinajstić information content (AvgIpc) is 2.86. The Hall–Kier alpha value is -0.0800. The molecule has 1 heterocycles. The third-order valence-corrected chi connectivity index (χ3v) is 10.1. The van der Waals surface area contributed by atoms with Gasteiger partial charge in [0.15, 0.2) is 0 Å². The molecule has 1 aliphatic heterocycles. The van der Waals surface area contributed by atoms with Crippen LogP contribution in [-0.2, 0) is 0 Å². The first-order chi connectivity index (χ1) is 17.2. The molecular weight excluding hydrogens is 424 g/mol. The van der Waals surface area contributed by atoms with Crippen LogP contribution in [0.4, 0.5) is 0 Å². The maximum absolute atomic E-state index is 3.17. The van der Waals surface area contributed by atoms with Gasteiger partial charge in [-0.1, -0.05) is 142 Å². The summed E-state index contributed by atoms with van der Waals surface area (Å²) in [7, 11) is 2.43. The maximum Gasteiger partial charge on any atom is 0.0342 e. The Labute approximate surface area is 221 Å². The van der Waals surface area contributed by atoms with Gasteiger partial charge in [-0.25, -0.2) is 0 Å². The Balaban J connectivity index is 1.27. The Bertz CT molecular complexity index is 489. The van der Waals surface area contributed by atoms with Crippen molar-refractivity contribution in [3.8, 4) is 0 Å². The molecular formula is C33H64N2. The third kappa shape index (κ3) is 9.63. The molecule has 2 spiro atoms. The lowest BCUT2D eigenvalue weighted by atomic mass is 9.70. The number of rotatable bonds is 17. The highest BCUT2D eigenvalue weighted by Crippen LogP contribution is 2.47. The number of nitrogens with zero attached hydrogens (tertiary/aromatic N) is 2. The van der Waals surface area contributed by atoms with Crippen molar-refractivity contribution in [2.24, 2.45) is 0 Å². The van der Waals surface area contributed by atoms with Crippen LogP contribution >= 0.6 is 0 Å². The standard InChI is InChI=1S/C33H64N2/c1-3-4-5-6-7-8-9-10-11-12-13-14-15-16-17-24-29-35-32(25-20-18-21-26-32)30-34(2)31-33(35)27-22-19-23-28-33/h3-31H2,1-2H3. The zero-order valence-corrected chi connectivity index (χ0v) is 24.4. The van der Waals surface area contributed by atoms with E-state index in [1.54, 1.807) is 0 Å². The highest BCUT2D eigenvalue weighted by molar-refractivity contribution is 5.09. The topological polar surface area (TPSA) is 6.48 Å². The van der Waals surface area contributed by atoms with E-state index >= 15 is 0 Å². The van der Waals surface area contributed by atoms with Crippen LogP contribution in [0.1, 0.15) is 174 Å². The monoisotopic (exact) mass is 489 g/mol. The first-order valence-corrected chi connectivity index (χ1v) is 16.7. The van der Waals surface area contributed by atoms with Gasteiger partial charge in [0.2, 0.25) is 0 Å². The molecule has 35 heavy (non-hydrogen) atoms. The van der Waals surface area contributed by atoms with Gasteiger partial charge in [0.05, 0.1) is 0 Å². The van der Waals surface area contributed by atoms with Crippen molar-refractivity contribution in [3.05, 3.63) is 0 Å². The van der Waals surface area contributed by atoms with Gasteiger partial charge >= 0.3 is 0 Å². The van der Waals surface area contributed by atoms with Crippen molar-refractivity contribution in [2.45, 2.75) is 185 Å². The summed E-state index contributed by atoms with van der Waals surface area (Å²) in [6.45, 7) is 6.39. The van der Waals surface area contributed by atoms with E-state index in [-0.39, 0.29) is 0 Å². The Morgan fingerprint density at radius 2 is 0.800 bits per heavy atom. The molecule has 3 fully saturated rings. The van der Waals surface area contributed by atoms with Crippen molar-refractivity contribution in [1.29, 1.82) is 0 Å². The van der Waals surface area contributed by atoms with Crippen LogP contribution in [0.25, 0.3) is 0 Å². The fraction of sp³-hybridized carbons (Fsp3) is 1.00. The minimum Gasteiger partial charge on any atom is -0.303 e. The second-order valence-corrected chi connectivity index (χ2v) is 13.2. The molecule has 3 rings (SSSR count). The maximum atomic E-state index is 3.17. The molecule has 2 aliphatic carbocycles. The van der Waals surface area contributed by atoms with Crippen molar-refractivity contribution >= 4 is 0 Å². The van der Waals surface area contributed by atoms with Crippen LogP contribution in [0, 0.1) is 0 Å². The summed E-state index contributed by atoms with van der Waals surface area (Å²) in [4.78, 5) is 5.91. The predicted octanol–water partition coefficient (Wildman–Crippen LogP) is 9.90. The van der Waals surface area contributed by atoms with Crippen LogP contribution < -0.4 is 0 Å². The van der Waals surface area contributed by atoms with E-state index in [0.717, 1.165) is 0 Å². The van der Waals surface area contributed by atoms with Crippen LogP contribution in [0.5, 0.6) is 0 Å². The third-order valence-electron chi connectivity index (χ3n) is 10.1. The second kappa shape index (κ2) is 16.7. The highest BCUT2D eigenvalue weighted by Gasteiger charge is 2.52. The van der Waals surface area contributed by atoms with Crippen LogP contribution in [0.3, 0.4) is 0 Å². The molecule has 206 valence electrons. The zero-order valence-electron chi connectivity index (χ0n) is 24.4.